The van der Waals surface area contributed by atoms with Crippen molar-refractivity contribution in [2.45, 2.75) is 31.9 Å². The second kappa shape index (κ2) is 6.88. The molecule has 1 aliphatic carbocycles. The van der Waals surface area contributed by atoms with Gasteiger partial charge in [0, 0.05) is 24.1 Å². The highest BCUT2D eigenvalue weighted by molar-refractivity contribution is 9.10. The molecule has 0 bridgehead atoms. The van der Waals surface area contributed by atoms with E-state index in [2.05, 4.69) is 44.9 Å². The van der Waals surface area contributed by atoms with Gasteiger partial charge in [0.05, 0.1) is 17.4 Å². The lowest BCUT2D eigenvalue weighted by Crippen LogP contribution is -2.47. The molecule has 0 aromatic heterocycles. The number of hydrogen-bond donors (Lipinski definition) is 0. The Hall–Kier alpha value is -2.14. The first-order chi connectivity index (χ1) is 12.6. The number of carbonyl (C=O) groups excluding carboxylic acids is 1. The molecule has 4 rings (SSSR count). The van der Waals surface area contributed by atoms with E-state index in [0.29, 0.717) is 6.42 Å². The van der Waals surface area contributed by atoms with E-state index in [4.69, 9.17) is 4.74 Å². The van der Waals surface area contributed by atoms with Crippen molar-refractivity contribution in [1.29, 1.82) is 0 Å². The molecule has 4 nitrogen and oxygen atoms in total. The maximum atomic E-state index is 12.2. The van der Waals surface area contributed by atoms with E-state index < -0.39 is 5.72 Å². The SMILES string of the molecule is CC(Oc1ccc2c(c1Br)CCCC2=O)(c1ccccc1)N1C=NCC1. The van der Waals surface area contributed by atoms with Crippen LogP contribution >= 0.6 is 15.9 Å². The summed E-state index contributed by atoms with van der Waals surface area (Å²) in [7, 11) is 0. The van der Waals surface area contributed by atoms with Gasteiger partial charge < -0.3 is 9.64 Å². The highest BCUT2D eigenvalue weighted by atomic mass is 79.9. The lowest BCUT2D eigenvalue weighted by Gasteiger charge is -2.39. The Morgan fingerprint density at radius 2 is 1.96 bits per heavy atom. The van der Waals surface area contributed by atoms with Gasteiger partial charge in [0.15, 0.2) is 5.78 Å². The van der Waals surface area contributed by atoms with Crippen LogP contribution in [0.1, 0.15) is 41.3 Å². The molecule has 0 radical (unpaired) electrons. The quantitative estimate of drug-likeness (QED) is 0.738. The topological polar surface area (TPSA) is 41.9 Å². The Morgan fingerprint density at radius 3 is 2.69 bits per heavy atom. The molecule has 26 heavy (non-hydrogen) atoms. The van der Waals surface area contributed by atoms with Crippen LogP contribution in [0.5, 0.6) is 5.75 Å². The molecule has 2 aromatic carbocycles. The molecule has 1 heterocycles. The van der Waals surface area contributed by atoms with Gasteiger partial charge in [-0.05, 0) is 53.4 Å². The predicted molar refractivity (Wildman–Crippen MR) is 106 cm³/mol. The number of rotatable bonds is 4. The fraction of sp³-hybridized carbons (Fsp3) is 0.333. The van der Waals surface area contributed by atoms with Crippen molar-refractivity contribution in [2.24, 2.45) is 4.99 Å². The smallest absolute Gasteiger partial charge is 0.207 e. The van der Waals surface area contributed by atoms with Crippen LogP contribution in [0.2, 0.25) is 0 Å². The van der Waals surface area contributed by atoms with Crippen LogP contribution in [0.3, 0.4) is 0 Å². The number of aliphatic imine (C=N–C) groups is 1. The molecule has 0 amide bonds. The van der Waals surface area contributed by atoms with Gasteiger partial charge in [-0.1, -0.05) is 30.3 Å². The van der Waals surface area contributed by atoms with Crippen molar-refractivity contribution in [1.82, 2.24) is 4.90 Å². The number of Topliss-reactive ketones (excluding diaryl/α,β-unsaturated/α-hetero) is 1. The summed E-state index contributed by atoms with van der Waals surface area (Å²) in [5, 5.41) is 0. The summed E-state index contributed by atoms with van der Waals surface area (Å²) in [4.78, 5) is 18.7. The van der Waals surface area contributed by atoms with E-state index in [-0.39, 0.29) is 5.78 Å². The molecule has 0 spiro atoms. The molecule has 0 saturated carbocycles. The van der Waals surface area contributed by atoms with Crippen molar-refractivity contribution in [3.63, 3.8) is 0 Å². The standard InChI is InChI=1S/C21H21BrN2O2/c1-21(24-13-12-23-14-24,15-6-3-2-4-7-15)26-19-11-10-16-17(20(19)22)8-5-9-18(16)25/h2-4,6-7,10-11,14H,5,8-9,12-13H2,1H3. The van der Waals surface area contributed by atoms with E-state index in [1.165, 1.54) is 0 Å². The van der Waals surface area contributed by atoms with E-state index in [0.717, 1.165) is 52.8 Å². The minimum Gasteiger partial charge on any atom is -0.463 e. The maximum absolute atomic E-state index is 12.2. The molecule has 1 atom stereocenters. The van der Waals surface area contributed by atoms with Crippen LogP contribution < -0.4 is 4.74 Å². The number of halogens is 1. The van der Waals surface area contributed by atoms with Gasteiger partial charge in [-0.15, -0.1) is 0 Å². The van der Waals surface area contributed by atoms with Gasteiger partial charge in [-0.3, -0.25) is 9.79 Å². The average Bonchev–Trinajstić information content (AvgIpc) is 3.21. The highest BCUT2D eigenvalue weighted by Gasteiger charge is 2.37. The first-order valence-electron chi connectivity index (χ1n) is 8.95. The fourth-order valence-electron chi connectivity index (χ4n) is 3.69. The number of nitrogens with zero attached hydrogens (tertiary/aromatic N) is 2. The van der Waals surface area contributed by atoms with Crippen LogP contribution in [-0.4, -0.2) is 30.1 Å². The molecule has 2 aliphatic rings. The monoisotopic (exact) mass is 412 g/mol. The maximum Gasteiger partial charge on any atom is 0.207 e. The molecule has 134 valence electrons. The van der Waals surface area contributed by atoms with Crippen LogP contribution in [0.25, 0.3) is 0 Å². The summed E-state index contributed by atoms with van der Waals surface area (Å²) in [5.41, 5.74) is 2.27. The number of ether oxygens (including phenoxy) is 1. The number of hydrogen-bond acceptors (Lipinski definition) is 4. The van der Waals surface area contributed by atoms with E-state index in [1.807, 2.05) is 36.7 Å². The van der Waals surface area contributed by atoms with Gasteiger partial charge in [0.2, 0.25) is 5.72 Å². The van der Waals surface area contributed by atoms with Crippen LogP contribution in [0.4, 0.5) is 0 Å². The van der Waals surface area contributed by atoms with Gasteiger partial charge in [-0.2, -0.15) is 0 Å². The Morgan fingerprint density at radius 1 is 1.15 bits per heavy atom. The summed E-state index contributed by atoms with van der Waals surface area (Å²) in [6.45, 7) is 3.65. The minimum absolute atomic E-state index is 0.219. The van der Waals surface area contributed by atoms with Gasteiger partial charge in [0.25, 0.3) is 0 Å². The second-order valence-corrected chi connectivity index (χ2v) is 7.64. The first-order valence-corrected chi connectivity index (χ1v) is 9.75. The Bertz CT molecular complexity index is 866. The number of fused-ring (bicyclic) bond motifs is 1. The molecule has 5 heteroatoms. The summed E-state index contributed by atoms with van der Waals surface area (Å²) < 4.78 is 7.47. The number of ketones is 1. The number of benzene rings is 2. The average molecular weight is 413 g/mol. The third-order valence-electron chi connectivity index (χ3n) is 5.20. The summed E-state index contributed by atoms with van der Waals surface area (Å²) in [5.74, 6) is 0.973. The van der Waals surface area contributed by atoms with Crippen molar-refractivity contribution >= 4 is 28.1 Å². The Kier molecular flexibility index (Phi) is 4.57. The van der Waals surface area contributed by atoms with Crippen molar-refractivity contribution in [3.8, 4) is 5.75 Å². The van der Waals surface area contributed by atoms with Crippen LogP contribution in [-0.2, 0) is 12.1 Å². The minimum atomic E-state index is -0.670. The molecule has 1 aliphatic heterocycles. The molecule has 0 fully saturated rings. The zero-order valence-electron chi connectivity index (χ0n) is 14.7. The highest BCUT2D eigenvalue weighted by Crippen LogP contribution is 2.40. The summed E-state index contributed by atoms with van der Waals surface area (Å²) >= 11 is 3.70. The van der Waals surface area contributed by atoms with Crippen molar-refractivity contribution < 1.29 is 9.53 Å². The van der Waals surface area contributed by atoms with Crippen molar-refractivity contribution in [2.75, 3.05) is 13.1 Å². The fourth-order valence-corrected chi connectivity index (χ4v) is 4.32. The number of carbonyl (C=O) groups is 1. The normalized spacial score (nSPS) is 18.5. The molecular weight excluding hydrogens is 392 g/mol. The predicted octanol–water partition coefficient (Wildman–Crippen LogP) is 4.56. The molecule has 0 saturated heterocycles. The molecular formula is C21H21BrN2O2. The third kappa shape index (κ3) is 2.94. The van der Waals surface area contributed by atoms with Gasteiger partial charge >= 0.3 is 0 Å². The summed E-state index contributed by atoms with van der Waals surface area (Å²) in [6.07, 6.45) is 4.28. The van der Waals surface area contributed by atoms with Gasteiger partial charge in [0.1, 0.15) is 5.75 Å². The van der Waals surface area contributed by atoms with Crippen molar-refractivity contribution in [3.05, 3.63) is 63.6 Å². The molecule has 0 N–H and O–H groups in total. The van der Waals surface area contributed by atoms with Gasteiger partial charge in [-0.25, -0.2) is 0 Å². The Labute approximate surface area is 162 Å². The molecule has 1 unspecified atom stereocenters. The third-order valence-corrected chi connectivity index (χ3v) is 6.07. The lowest BCUT2D eigenvalue weighted by molar-refractivity contribution is -0.0258. The van der Waals surface area contributed by atoms with E-state index >= 15 is 0 Å². The zero-order chi connectivity index (χ0) is 18.1. The van der Waals surface area contributed by atoms with Crippen LogP contribution in [0.15, 0.2) is 51.9 Å². The Balaban J connectivity index is 1.75. The van der Waals surface area contributed by atoms with Crippen LogP contribution in [0, 0.1) is 0 Å². The zero-order valence-corrected chi connectivity index (χ0v) is 16.3. The van der Waals surface area contributed by atoms with E-state index in [1.54, 1.807) is 0 Å². The molecule has 2 aromatic rings. The lowest BCUT2D eigenvalue weighted by atomic mass is 9.90. The second-order valence-electron chi connectivity index (χ2n) is 6.85. The summed E-state index contributed by atoms with van der Waals surface area (Å²) in [6, 6.07) is 14.0. The van der Waals surface area contributed by atoms with E-state index in [9.17, 15) is 4.79 Å². The largest absolute Gasteiger partial charge is 0.463 e. The first kappa shape index (κ1) is 17.3.